The van der Waals surface area contributed by atoms with Crippen LogP contribution in [-0.2, 0) is 9.53 Å². The quantitative estimate of drug-likeness (QED) is 0.707. The van der Waals surface area contributed by atoms with Gasteiger partial charge in [0, 0.05) is 6.54 Å². The Balaban J connectivity index is 2.20. The monoisotopic (exact) mass is 214 g/mol. The van der Waals surface area contributed by atoms with E-state index in [9.17, 15) is 4.79 Å². The van der Waals surface area contributed by atoms with Crippen LogP contribution in [0.1, 0.15) is 33.1 Å². The molecule has 1 aliphatic heterocycles. The number of amides is 1. The van der Waals surface area contributed by atoms with E-state index in [1.165, 1.54) is 0 Å². The van der Waals surface area contributed by atoms with Crippen molar-refractivity contribution in [3.63, 3.8) is 0 Å². The van der Waals surface area contributed by atoms with Crippen molar-refractivity contribution in [2.75, 3.05) is 19.6 Å². The van der Waals surface area contributed by atoms with Gasteiger partial charge in [-0.3, -0.25) is 4.79 Å². The summed E-state index contributed by atoms with van der Waals surface area (Å²) in [5, 5.41) is 6.11. The highest BCUT2D eigenvalue weighted by Crippen LogP contribution is 2.09. The maximum atomic E-state index is 11.5. The number of carbonyl (C=O) groups excluding carboxylic acids is 1. The van der Waals surface area contributed by atoms with Crippen LogP contribution in [0.2, 0.25) is 0 Å². The number of carbonyl (C=O) groups is 1. The summed E-state index contributed by atoms with van der Waals surface area (Å²) in [6, 6.07) is 0. The van der Waals surface area contributed by atoms with E-state index in [4.69, 9.17) is 4.74 Å². The normalized spacial score (nSPS) is 19.9. The molecule has 2 N–H and O–H groups in total. The highest BCUT2D eigenvalue weighted by molar-refractivity contribution is 5.80. The average Bonchev–Trinajstić information content (AvgIpc) is 2.27. The summed E-state index contributed by atoms with van der Waals surface area (Å²) in [5.41, 5.74) is 0. The molecule has 0 aromatic rings. The van der Waals surface area contributed by atoms with Gasteiger partial charge in [0.2, 0.25) is 5.91 Å². The third-order valence-corrected chi connectivity index (χ3v) is 2.60. The standard InChI is InChI=1S/C11H22N2O2/c1-3-6-13-11(14)9(2)15-10-4-7-12-8-5-10/h9-10,12H,3-8H2,1-2H3,(H,13,14). The molecule has 1 aliphatic rings. The summed E-state index contributed by atoms with van der Waals surface area (Å²) in [4.78, 5) is 11.5. The fraction of sp³-hybridized carbons (Fsp3) is 0.909. The van der Waals surface area contributed by atoms with Gasteiger partial charge in [0.05, 0.1) is 6.10 Å². The van der Waals surface area contributed by atoms with Crippen LogP contribution in [0.4, 0.5) is 0 Å². The third-order valence-electron chi connectivity index (χ3n) is 2.60. The summed E-state index contributed by atoms with van der Waals surface area (Å²) in [6.45, 7) is 6.59. The molecule has 0 spiro atoms. The van der Waals surface area contributed by atoms with Crippen LogP contribution in [0.5, 0.6) is 0 Å². The second kappa shape index (κ2) is 6.80. The molecule has 88 valence electrons. The molecule has 1 saturated heterocycles. The van der Waals surface area contributed by atoms with Crippen LogP contribution in [-0.4, -0.2) is 37.7 Å². The Hall–Kier alpha value is -0.610. The van der Waals surface area contributed by atoms with Gasteiger partial charge in [-0.1, -0.05) is 6.92 Å². The molecule has 1 amide bonds. The molecule has 0 radical (unpaired) electrons. The van der Waals surface area contributed by atoms with Gasteiger partial charge in [-0.2, -0.15) is 0 Å². The molecule has 1 atom stereocenters. The second-order valence-electron chi connectivity index (χ2n) is 4.02. The molecule has 1 unspecified atom stereocenters. The number of piperidine rings is 1. The first-order valence-corrected chi connectivity index (χ1v) is 5.88. The van der Waals surface area contributed by atoms with Gasteiger partial charge in [0.25, 0.3) is 0 Å². The zero-order valence-electron chi connectivity index (χ0n) is 9.71. The van der Waals surface area contributed by atoms with E-state index in [1.54, 1.807) is 0 Å². The van der Waals surface area contributed by atoms with Crippen molar-refractivity contribution in [3.8, 4) is 0 Å². The lowest BCUT2D eigenvalue weighted by Gasteiger charge is -2.25. The molecule has 1 heterocycles. The van der Waals surface area contributed by atoms with E-state index in [0.29, 0.717) is 0 Å². The lowest BCUT2D eigenvalue weighted by atomic mass is 10.1. The van der Waals surface area contributed by atoms with Crippen LogP contribution in [0.3, 0.4) is 0 Å². The van der Waals surface area contributed by atoms with Gasteiger partial charge in [-0.25, -0.2) is 0 Å². The maximum absolute atomic E-state index is 11.5. The Morgan fingerprint density at radius 3 is 2.80 bits per heavy atom. The Morgan fingerprint density at radius 1 is 1.53 bits per heavy atom. The Bertz CT molecular complexity index is 191. The number of hydrogen-bond donors (Lipinski definition) is 2. The van der Waals surface area contributed by atoms with Crippen molar-refractivity contribution in [2.24, 2.45) is 0 Å². The van der Waals surface area contributed by atoms with Gasteiger partial charge < -0.3 is 15.4 Å². The van der Waals surface area contributed by atoms with Crippen LogP contribution in [0.15, 0.2) is 0 Å². The molecule has 4 nitrogen and oxygen atoms in total. The molecule has 15 heavy (non-hydrogen) atoms. The van der Waals surface area contributed by atoms with E-state index in [1.807, 2.05) is 13.8 Å². The van der Waals surface area contributed by atoms with Crippen molar-refractivity contribution in [2.45, 2.75) is 45.3 Å². The van der Waals surface area contributed by atoms with Crippen LogP contribution >= 0.6 is 0 Å². The molecule has 0 aliphatic carbocycles. The molecule has 1 fully saturated rings. The van der Waals surface area contributed by atoms with E-state index in [2.05, 4.69) is 10.6 Å². The molecular weight excluding hydrogens is 192 g/mol. The predicted octanol–water partition coefficient (Wildman–Crippen LogP) is 0.670. The van der Waals surface area contributed by atoms with Gasteiger partial charge in [-0.15, -0.1) is 0 Å². The summed E-state index contributed by atoms with van der Waals surface area (Å²) in [5.74, 6) is 0.00961. The lowest BCUT2D eigenvalue weighted by molar-refractivity contribution is -0.136. The molecule has 1 rings (SSSR count). The third kappa shape index (κ3) is 4.62. The first-order valence-electron chi connectivity index (χ1n) is 5.88. The summed E-state index contributed by atoms with van der Waals surface area (Å²) < 4.78 is 5.70. The van der Waals surface area contributed by atoms with Crippen molar-refractivity contribution in [1.82, 2.24) is 10.6 Å². The number of nitrogens with one attached hydrogen (secondary N) is 2. The summed E-state index contributed by atoms with van der Waals surface area (Å²) >= 11 is 0. The molecule has 4 heteroatoms. The van der Waals surface area contributed by atoms with E-state index in [-0.39, 0.29) is 18.1 Å². The van der Waals surface area contributed by atoms with Crippen molar-refractivity contribution >= 4 is 5.91 Å². The Labute approximate surface area is 91.8 Å². The molecule has 0 bridgehead atoms. The summed E-state index contributed by atoms with van der Waals surface area (Å²) in [7, 11) is 0. The van der Waals surface area contributed by atoms with Gasteiger partial charge >= 0.3 is 0 Å². The van der Waals surface area contributed by atoms with Gasteiger partial charge in [0.1, 0.15) is 6.10 Å². The van der Waals surface area contributed by atoms with Crippen LogP contribution in [0, 0.1) is 0 Å². The van der Waals surface area contributed by atoms with Crippen molar-refractivity contribution < 1.29 is 9.53 Å². The fourth-order valence-corrected chi connectivity index (χ4v) is 1.67. The van der Waals surface area contributed by atoms with Crippen LogP contribution in [0.25, 0.3) is 0 Å². The topological polar surface area (TPSA) is 50.4 Å². The first kappa shape index (κ1) is 12.5. The van der Waals surface area contributed by atoms with Crippen LogP contribution < -0.4 is 10.6 Å². The largest absolute Gasteiger partial charge is 0.365 e. The zero-order chi connectivity index (χ0) is 11.1. The number of ether oxygens (including phenoxy) is 1. The van der Waals surface area contributed by atoms with Gasteiger partial charge in [0.15, 0.2) is 0 Å². The zero-order valence-corrected chi connectivity index (χ0v) is 9.71. The highest BCUT2D eigenvalue weighted by atomic mass is 16.5. The second-order valence-corrected chi connectivity index (χ2v) is 4.02. The minimum atomic E-state index is -0.320. The van der Waals surface area contributed by atoms with E-state index >= 15 is 0 Å². The average molecular weight is 214 g/mol. The number of hydrogen-bond acceptors (Lipinski definition) is 3. The predicted molar refractivity (Wildman–Crippen MR) is 59.7 cm³/mol. The SMILES string of the molecule is CCCNC(=O)C(C)OC1CCNCC1. The minimum absolute atomic E-state index is 0.00961. The summed E-state index contributed by atoms with van der Waals surface area (Å²) in [6.07, 6.45) is 2.90. The minimum Gasteiger partial charge on any atom is -0.365 e. The van der Waals surface area contributed by atoms with E-state index in [0.717, 1.165) is 38.9 Å². The molecule has 0 aromatic carbocycles. The Morgan fingerprint density at radius 2 is 2.20 bits per heavy atom. The Kier molecular flexibility index (Phi) is 5.65. The van der Waals surface area contributed by atoms with Crippen molar-refractivity contribution in [1.29, 1.82) is 0 Å². The number of rotatable bonds is 5. The molecule has 0 aromatic heterocycles. The smallest absolute Gasteiger partial charge is 0.248 e. The maximum Gasteiger partial charge on any atom is 0.248 e. The highest BCUT2D eigenvalue weighted by Gasteiger charge is 2.20. The van der Waals surface area contributed by atoms with Gasteiger partial charge in [-0.05, 0) is 39.3 Å². The van der Waals surface area contributed by atoms with E-state index < -0.39 is 0 Å². The van der Waals surface area contributed by atoms with Crippen molar-refractivity contribution in [3.05, 3.63) is 0 Å². The molecule has 0 saturated carbocycles. The fourth-order valence-electron chi connectivity index (χ4n) is 1.67. The molecular formula is C11H22N2O2. The lowest BCUT2D eigenvalue weighted by Crippen LogP contribution is -2.40. The first-order chi connectivity index (χ1) is 7.24.